The monoisotopic (exact) mass is 298 g/mol. The van der Waals surface area contributed by atoms with Crippen LogP contribution in [0.3, 0.4) is 0 Å². The van der Waals surface area contributed by atoms with Gasteiger partial charge in [0, 0.05) is 12.6 Å². The smallest absolute Gasteiger partial charge is 0.227 e. The molecule has 0 saturated heterocycles. The van der Waals surface area contributed by atoms with E-state index in [1.54, 1.807) is 0 Å². The molecule has 5 heteroatoms. The Hall–Kier alpha value is -1.26. The van der Waals surface area contributed by atoms with E-state index in [0.29, 0.717) is 25.1 Å². The zero-order valence-corrected chi connectivity index (χ0v) is 14.6. The standard InChI is InChI=1S/C16H34N4O/c1-7-18-14(21)16(5,6)11-19-15(17)20-13(4)10-8-9-12(2)3/h12-13H,7-11H2,1-6H3,(H,18,21)(H3,17,19,20). The minimum absolute atomic E-state index is 0.00605. The SMILES string of the molecule is CCNC(=O)C(C)(C)CN=C(N)NC(C)CCCC(C)C. The van der Waals surface area contributed by atoms with Gasteiger partial charge in [0.2, 0.25) is 5.91 Å². The van der Waals surface area contributed by atoms with Gasteiger partial charge in [-0.3, -0.25) is 9.79 Å². The van der Waals surface area contributed by atoms with Crippen LogP contribution >= 0.6 is 0 Å². The molecule has 5 nitrogen and oxygen atoms in total. The average Bonchev–Trinajstić information content (AvgIpc) is 2.36. The van der Waals surface area contributed by atoms with Crippen LogP contribution in [0.4, 0.5) is 0 Å². The van der Waals surface area contributed by atoms with Gasteiger partial charge in [0.05, 0.1) is 12.0 Å². The Morgan fingerprint density at radius 2 is 1.86 bits per heavy atom. The number of aliphatic imine (C=N–C) groups is 1. The maximum absolute atomic E-state index is 11.9. The number of rotatable bonds is 9. The lowest BCUT2D eigenvalue weighted by atomic mass is 9.92. The van der Waals surface area contributed by atoms with Crippen LogP contribution < -0.4 is 16.4 Å². The van der Waals surface area contributed by atoms with Gasteiger partial charge < -0.3 is 16.4 Å². The topological polar surface area (TPSA) is 79.5 Å². The highest BCUT2D eigenvalue weighted by atomic mass is 16.2. The Morgan fingerprint density at radius 3 is 2.38 bits per heavy atom. The largest absolute Gasteiger partial charge is 0.370 e. The first kappa shape index (κ1) is 19.7. The summed E-state index contributed by atoms with van der Waals surface area (Å²) in [4.78, 5) is 16.2. The van der Waals surface area contributed by atoms with Crippen molar-refractivity contribution >= 4 is 11.9 Å². The minimum Gasteiger partial charge on any atom is -0.370 e. The zero-order valence-electron chi connectivity index (χ0n) is 14.6. The number of amides is 1. The molecule has 0 saturated carbocycles. The predicted octanol–water partition coefficient (Wildman–Crippen LogP) is 2.27. The highest BCUT2D eigenvalue weighted by molar-refractivity contribution is 5.83. The Morgan fingerprint density at radius 1 is 1.24 bits per heavy atom. The molecule has 0 fully saturated rings. The summed E-state index contributed by atoms with van der Waals surface area (Å²) in [6.07, 6.45) is 3.49. The van der Waals surface area contributed by atoms with Gasteiger partial charge in [0.1, 0.15) is 0 Å². The van der Waals surface area contributed by atoms with E-state index >= 15 is 0 Å². The molecule has 21 heavy (non-hydrogen) atoms. The molecule has 0 heterocycles. The summed E-state index contributed by atoms with van der Waals surface area (Å²) in [6.45, 7) is 13.3. The number of nitrogens with two attached hydrogens (primary N) is 1. The van der Waals surface area contributed by atoms with Crippen LogP contribution in [0.1, 0.15) is 60.8 Å². The van der Waals surface area contributed by atoms with Crippen molar-refractivity contribution in [3.63, 3.8) is 0 Å². The molecule has 1 atom stereocenters. The second-order valence-electron chi connectivity index (χ2n) is 6.81. The van der Waals surface area contributed by atoms with Crippen LogP contribution in [0.2, 0.25) is 0 Å². The molecule has 1 unspecified atom stereocenters. The molecule has 0 rings (SSSR count). The summed E-state index contributed by atoms with van der Waals surface area (Å²) in [7, 11) is 0. The Kier molecular flexibility index (Phi) is 9.06. The number of nitrogens with one attached hydrogen (secondary N) is 2. The van der Waals surface area contributed by atoms with Crippen LogP contribution in [0, 0.1) is 11.3 Å². The van der Waals surface area contributed by atoms with Crippen molar-refractivity contribution in [2.75, 3.05) is 13.1 Å². The summed E-state index contributed by atoms with van der Waals surface area (Å²) in [5.74, 6) is 1.16. The molecule has 0 bridgehead atoms. The minimum atomic E-state index is -0.539. The highest BCUT2D eigenvalue weighted by Gasteiger charge is 2.26. The third-order valence-corrected chi connectivity index (χ3v) is 3.41. The van der Waals surface area contributed by atoms with E-state index in [9.17, 15) is 4.79 Å². The van der Waals surface area contributed by atoms with E-state index in [2.05, 4.69) is 36.4 Å². The van der Waals surface area contributed by atoms with Gasteiger partial charge in [-0.25, -0.2) is 0 Å². The summed E-state index contributed by atoms with van der Waals surface area (Å²) in [5.41, 5.74) is 5.36. The first-order chi connectivity index (χ1) is 9.69. The second kappa shape index (κ2) is 9.64. The van der Waals surface area contributed by atoms with Gasteiger partial charge in [0.15, 0.2) is 5.96 Å². The van der Waals surface area contributed by atoms with Crippen LogP contribution in [-0.4, -0.2) is 31.0 Å². The van der Waals surface area contributed by atoms with Crippen molar-refractivity contribution in [1.82, 2.24) is 10.6 Å². The zero-order chi connectivity index (χ0) is 16.5. The van der Waals surface area contributed by atoms with Crippen molar-refractivity contribution in [3.05, 3.63) is 0 Å². The van der Waals surface area contributed by atoms with Crippen molar-refractivity contribution < 1.29 is 4.79 Å². The molecular weight excluding hydrogens is 264 g/mol. The predicted molar refractivity (Wildman–Crippen MR) is 90.2 cm³/mol. The van der Waals surface area contributed by atoms with E-state index in [1.807, 2.05) is 20.8 Å². The molecule has 0 aromatic heterocycles. The summed E-state index contributed by atoms with van der Waals surface area (Å²) < 4.78 is 0. The van der Waals surface area contributed by atoms with Crippen LogP contribution in [-0.2, 0) is 4.79 Å². The van der Waals surface area contributed by atoms with Gasteiger partial charge in [-0.05, 0) is 40.0 Å². The van der Waals surface area contributed by atoms with Crippen molar-refractivity contribution in [1.29, 1.82) is 0 Å². The third kappa shape index (κ3) is 9.32. The van der Waals surface area contributed by atoms with Crippen LogP contribution in [0.15, 0.2) is 4.99 Å². The maximum Gasteiger partial charge on any atom is 0.227 e. The fraction of sp³-hybridized carbons (Fsp3) is 0.875. The average molecular weight is 298 g/mol. The van der Waals surface area contributed by atoms with Gasteiger partial charge >= 0.3 is 0 Å². The lowest BCUT2D eigenvalue weighted by Crippen LogP contribution is -2.42. The Labute approximate surface area is 130 Å². The van der Waals surface area contributed by atoms with Crippen LogP contribution in [0.25, 0.3) is 0 Å². The molecule has 0 spiro atoms. The van der Waals surface area contributed by atoms with Crippen molar-refractivity contribution in [2.45, 2.75) is 66.8 Å². The van der Waals surface area contributed by atoms with Crippen LogP contribution in [0.5, 0.6) is 0 Å². The number of hydrogen-bond acceptors (Lipinski definition) is 2. The number of carbonyl (C=O) groups is 1. The molecule has 4 N–H and O–H groups in total. The first-order valence-electron chi connectivity index (χ1n) is 8.03. The van der Waals surface area contributed by atoms with Gasteiger partial charge in [0.25, 0.3) is 0 Å². The quantitative estimate of drug-likeness (QED) is 0.451. The number of hydrogen-bond donors (Lipinski definition) is 3. The summed E-state index contributed by atoms with van der Waals surface area (Å²) in [5, 5.41) is 6.01. The first-order valence-corrected chi connectivity index (χ1v) is 8.03. The molecule has 0 aromatic carbocycles. The van der Waals surface area contributed by atoms with Gasteiger partial charge in [-0.1, -0.05) is 26.7 Å². The molecule has 0 aliphatic heterocycles. The normalized spacial score (nSPS) is 14.1. The second-order valence-corrected chi connectivity index (χ2v) is 6.81. The highest BCUT2D eigenvalue weighted by Crippen LogP contribution is 2.15. The molecule has 0 radical (unpaired) electrons. The van der Waals surface area contributed by atoms with E-state index in [0.717, 1.165) is 12.3 Å². The Bertz CT molecular complexity index is 337. The van der Waals surface area contributed by atoms with E-state index in [-0.39, 0.29) is 5.91 Å². The Balaban J connectivity index is 4.20. The van der Waals surface area contributed by atoms with Crippen molar-refractivity contribution in [3.8, 4) is 0 Å². The summed E-state index contributed by atoms with van der Waals surface area (Å²) in [6, 6.07) is 0.306. The molecule has 0 aliphatic rings. The number of guanidine groups is 1. The maximum atomic E-state index is 11.9. The molecule has 0 aromatic rings. The summed E-state index contributed by atoms with van der Waals surface area (Å²) >= 11 is 0. The number of carbonyl (C=O) groups excluding carboxylic acids is 1. The lowest BCUT2D eigenvalue weighted by molar-refractivity contribution is -0.128. The van der Waals surface area contributed by atoms with Gasteiger partial charge in [-0.2, -0.15) is 0 Å². The van der Waals surface area contributed by atoms with Crippen molar-refractivity contribution in [2.24, 2.45) is 22.1 Å². The van der Waals surface area contributed by atoms with E-state index < -0.39 is 5.41 Å². The van der Waals surface area contributed by atoms with E-state index in [1.165, 1.54) is 12.8 Å². The molecule has 1 amide bonds. The molecule has 124 valence electrons. The fourth-order valence-electron chi connectivity index (χ4n) is 1.96. The third-order valence-electron chi connectivity index (χ3n) is 3.41. The fourth-order valence-corrected chi connectivity index (χ4v) is 1.96. The lowest BCUT2D eigenvalue weighted by Gasteiger charge is -2.22. The molecular formula is C16H34N4O. The van der Waals surface area contributed by atoms with E-state index in [4.69, 9.17) is 5.73 Å². The van der Waals surface area contributed by atoms with Gasteiger partial charge in [-0.15, -0.1) is 0 Å². The molecule has 0 aliphatic carbocycles. The number of nitrogens with zero attached hydrogens (tertiary/aromatic N) is 1.